The fraction of sp³-hybridized carbons (Fsp3) is 0.231. The Kier molecular flexibility index (Phi) is 5.10. The molecular weight excluding hydrogens is 311 g/mol. The summed E-state index contributed by atoms with van der Waals surface area (Å²) in [5.41, 5.74) is 0.997. The standard InChI is InChI=1S/C13H13FN4O3S/c1-8-12(18(20)21)13(17-16-8)22-7-11(19)15-6-9-2-4-10(14)5-3-9/h2-5H,6-7H2,1H3,(H,15,19)(H,16,17). The van der Waals surface area contributed by atoms with Gasteiger partial charge in [-0.2, -0.15) is 5.10 Å². The number of nitrogens with zero attached hydrogens (tertiary/aromatic N) is 2. The Labute approximate surface area is 129 Å². The highest BCUT2D eigenvalue weighted by Crippen LogP contribution is 2.29. The number of aromatic amines is 1. The minimum absolute atomic E-state index is 0.00628. The number of nitrogens with one attached hydrogen (secondary N) is 2. The number of thioether (sulfide) groups is 1. The second-order valence-corrected chi connectivity index (χ2v) is 5.42. The van der Waals surface area contributed by atoms with E-state index in [0.717, 1.165) is 17.3 Å². The molecule has 0 fully saturated rings. The van der Waals surface area contributed by atoms with Gasteiger partial charge < -0.3 is 5.32 Å². The lowest BCUT2D eigenvalue weighted by atomic mass is 10.2. The highest BCUT2D eigenvalue weighted by atomic mass is 32.2. The third-order valence-corrected chi connectivity index (χ3v) is 3.77. The molecule has 0 saturated heterocycles. The van der Waals surface area contributed by atoms with Crippen LogP contribution in [0.5, 0.6) is 0 Å². The van der Waals surface area contributed by atoms with Crippen LogP contribution in [0, 0.1) is 22.9 Å². The van der Waals surface area contributed by atoms with Crippen LogP contribution in [0.15, 0.2) is 29.3 Å². The molecule has 2 N–H and O–H groups in total. The second kappa shape index (κ2) is 7.03. The Bertz CT molecular complexity index is 687. The molecule has 1 aromatic carbocycles. The number of carbonyl (C=O) groups is 1. The third kappa shape index (κ3) is 4.04. The smallest absolute Gasteiger partial charge is 0.323 e. The van der Waals surface area contributed by atoms with Crippen molar-refractivity contribution in [3.8, 4) is 0 Å². The number of H-pyrrole nitrogens is 1. The van der Waals surface area contributed by atoms with E-state index in [1.54, 1.807) is 19.1 Å². The van der Waals surface area contributed by atoms with E-state index in [2.05, 4.69) is 15.5 Å². The maximum Gasteiger partial charge on any atom is 0.323 e. The van der Waals surface area contributed by atoms with Crippen LogP contribution in [0.3, 0.4) is 0 Å². The van der Waals surface area contributed by atoms with Gasteiger partial charge in [0, 0.05) is 6.54 Å². The molecule has 0 aliphatic rings. The van der Waals surface area contributed by atoms with Crippen molar-refractivity contribution in [2.75, 3.05) is 5.75 Å². The Morgan fingerprint density at radius 2 is 2.14 bits per heavy atom. The summed E-state index contributed by atoms with van der Waals surface area (Å²) in [6, 6.07) is 5.77. The van der Waals surface area contributed by atoms with Crippen molar-refractivity contribution in [3.05, 3.63) is 51.5 Å². The first-order valence-electron chi connectivity index (χ1n) is 6.30. The van der Waals surface area contributed by atoms with Crippen molar-refractivity contribution in [3.63, 3.8) is 0 Å². The molecule has 2 rings (SSSR count). The number of halogens is 1. The van der Waals surface area contributed by atoms with Crippen molar-refractivity contribution in [1.82, 2.24) is 15.5 Å². The quantitative estimate of drug-likeness (QED) is 0.482. The number of benzene rings is 1. The van der Waals surface area contributed by atoms with Crippen LogP contribution in [0.2, 0.25) is 0 Å². The van der Waals surface area contributed by atoms with Gasteiger partial charge >= 0.3 is 5.69 Å². The molecule has 116 valence electrons. The van der Waals surface area contributed by atoms with Crippen LogP contribution in [0.1, 0.15) is 11.3 Å². The zero-order valence-electron chi connectivity index (χ0n) is 11.6. The van der Waals surface area contributed by atoms with Gasteiger partial charge in [-0.15, -0.1) is 0 Å². The van der Waals surface area contributed by atoms with Crippen molar-refractivity contribution < 1.29 is 14.1 Å². The number of hydrogen-bond donors (Lipinski definition) is 2. The highest BCUT2D eigenvalue weighted by molar-refractivity contribution is 8.00. The molecule has 2 aromatic rings. The monoisotopic (exact) mass is 324 g/mol. The Morgan fingerprint density at radius 1 is 1.45 bits per heavy atom. The van der Waals surface area contributed by atoms with Gasteiger partial charge in [0.25, 0.3) is 0 Å². The summed E-state index contributed by atoms with van der Waals surface area (Å²) in [4.78, 5) is 22.1. The molecule has 0 radical (unpaired) electrons. The van der Waals surface area contributed by atoms with Crippen LogP contribution in [-0.2, 0) is 11.3 Å². The Morgan fingerprint density at radius 3 is 2.77 bits per heavy atom. The van der Waals surface area contributed by atoms with Gasteiger partial charge in [0.2, 0.25) is 5.91 Å². The number of amides is 1. The van der Waals surface area contributed by atoms with Gasteiger partial charge in [0.1, 0.15) is 11.5 Å². The first-order valence-corrected chi connectivity index (χ1v) is 7.29. The van der Waals surface area contributed by atoms with Crippen LogP contribution < -0.4 is 5.32 Å². The maximum absolute atomic E-state index is 12.7. The molecule has 22 heavy (non-hydrogen) atoms. The van der Waals surface area contributed by atoms with E-state index in [9.17, 15) is 19.3 Å². The number of aromatic nitrogens is 2. The van der Waals surface area contributed by atoms with E-state index in [1.165, 1.54) is 12.1 Å². The number of carbonyl (C=O) groups excluding carboxylic acids is 1. The third-order valence-electron chi connectivity index (χ3n) is 2.81. The Hall–Kier alpha value is -2.42. The fourth-order valence-corrected chi connectivity index (χ4v) is 2.55. The minimum atomic E-state index is -0.530. The van der Waals surface area contributed by atoms with E-state index in [0.29, 0.717) is 5.69 Å². The van der Waals surface area contributed by atoms with Crippen molar-refractivity contribution in [2.24, 2.45) is 0 Å². The molecule has 0 aliphatic heterocycles. The van der Waals surface area contributed by atoms with Crippen molar-refractivity contribution in [1.29, 1.82) is 0 Å². The molecule has 7 nitrogen and oxygen atoms in total. The summed E-state index contributed by atoms with van der Waals surface area (Å²) in [6.07, 6.45) is 0. The van der Waals surface area contributed by atoms with Crippen LogP contribution in [0.25, 0.3) is 0 Å². The second-order valence-electron chi connectivity index (χ2n) is 4.45. The predicted molar refractivity (Wildman–Crippen MR) is 78.9 cm³/mol. The summed E-state index contributed by atoms with van der Waals surface area (Å²) in [6.45, 7) is 1.81. The molecule has 1 amide bonds. The minimum Gasteiger partial charge on any atom is -0.351 e. The summed E-state index contributed by atoms with van der Waals surface area (Å²) < 4.78 is 12.7. The average Bonchev–Trinajstić information content (AvgIpc) is 2.85. The zero-order chi connectivity index (χ0) is 16.1. The predicted octanol–water partition coefficient (Wildman–Crippen LogP) is 2.17. The van der Waals surface area contributed by atoms with Gasteiger partial charge in [-0.3, -0.25) is 20.0 Å². The molecule has 1 aromatic heterocycles. The van der Waals surface area contributed by atoms with Crippen molar-refractivity contribution >= 4 is 23.4 Å². The number of aryl methyl sites for hydroxylation is 1. The number of hydrogen-bond acceptors (Lipinski definition) is 5. The first-order chi connectivity index (χ1) is 10.5. The maximum atomic E-state index is 12.7. The molecular formula is C13H13FN4O3S. The lowest BCUT2D eigenvalue weighted by Crippen LogP contribution is -2.24. The SMILES string of the molecule is Cc1[nH]nc(SCC(=O)NCc2ccc(F)cc2)c1[N+](=O)[O-]. The average molecular weight is 324 g/mol. The molecule has 1 heterocycles. The van der Waals surface area contributed by atoms with Crippen LogP contribution in [0.4, 0.5) is 10.1 Å². The number of rotatable bonds is 6. The van der Waals surface area contributed by atoms with Gasteiger partial charge in [0.15, 0.2) is 5.03 Å². The molecule has 0 spiro atoms. The molecule has 0 aliphatic carbocycles. The number of nitro groups is 1. The van der Waals surface area contributed by atoms with Crippen LogP contribution >= 0.6 is 11.8 Å². The first kappa shape index (κ1) is 16.0. The molecule has 0 bridgehead atoms. The molecule has 0 saturated carbocycles. The van der Waals surface area contributed by atoms with E-state index < -0.39 is 4.92 Å². The van der Waals surface area contributed by atoms with Gasteiger partial charge in [-0.1, -0.05) is 23.9 Å². The Balaban J connectivity index is 1.85. The van der Waals surface area contributed by atoms with Gasteiger partial charge in [0.05, 0.1) is 10.7 Å². The van der Waals surface area contributed by atoms with Gasteiger partial charge in [-0.25, -0.2) is 4.39 Å². The lowest BCUT2D eigenvalue weighted by Gasteiger charge is -2.04. The van der Waals surface area contributed by atoms with E-state index >= 15 is 0 Å². The molecule has 9 heteroatoms. The normalized spacial score (nSPS) is 10.5. The topological polar surface area (TPSA) is 101 Å². The van der Waals surface area contributed by atoms with Crippen molar-refractivity contribution in [2.45, 2.75) is 18.5 Å². The highest BCUT2D eigenvalue weighted by Gasteiger charge is 2.22. The molecule has 0 unspecified atom stereocenters. The summed E-state index contributed by atoms with van der Waals surface area (Å²) in [7, 11) is 0. The summed E-state index contributed by atoms with van der Waals surface area (Å²) in [5, 5.41) is 20.1. The fourth-order valence-electron chi connectivity index (χ4n) is 1.70. The van der Waals surface area contributed by atoms with Gasteiger partial charge in [-0.05, 0) is 24.6 Å². The van der Waals surface area contributed by atoms with E-state index in [4.69, 9.17) is 0 Å². The molecule has 0 atom stereocenters. The summed E-state index contributed by atoms with van der Waals surface area (Å²) in [5.74, 6) is -0.622. The van der Waals surface area contributed by atoms with E-state index in [-0.39, 0.29) is 34.7 Å². The lowest BCUT2D eigenvalue weighted by molar-refractivity contribution is -0.388. The largest absolute Gasteiger partial charge is 0.351 e. The summed E-state index contributed by atoms with van der Waals surface area (Å²) >= 11 is 0.986. The van der Waals surface area contributed by atoms with Crippen LogP contribution in [-0.4, -0.2) is 26.8 Å². The van der Waals surface area contributed by atoms with E-state index in [1.807, 2.05) is 0 Å². The zero-order valence-corrected chi connectivity index (χ0v) is 12.4.